The monoisotopic (exact) mass is 332 g/mol. The van der Waals surface area contributed by atoms with E-state index in [1.807, 2.05) is 4.90 Å². The summed E-state index contributed by atoms with van der Waals surface area (Å²) in [7, 11) is 2.17. The minimum absolute atomic E-state index is 0.182. The van der Waals surface area contributed by atoms with Crippen LogP contribution in [0.5, 0.6) is 0 Å². The lowest BCUT2D eigenvalue weighted by atomic mass is 10.2. The van der Waals surface area contributed by atoms with Crippen LogP contribution in [0, 0.1) is 0 Å². The third-order valence-electron chi connectivity index (χ3n) is 4.52. The third kappa shape index (κ3) is 5.41. The summed E-state index contributed by atoms with van der Waals surface area (Å²) in [5.74, 6) is 0.182. The van der Waals surface area contributed by atoms with Crippen LogP contribution in [0.25, 0.3) is 0 Å². The van der Waals surface area contributed by atoms with Crippen LogP contribution in [0.1, 0.15) is 26.7 Å². The van der Waals surface area contributed by atoms with Gasteiger partial charge >= 0.3 is 0 Å². The highest BCUT2D eigenvalue weighted by Crippen LogP contribution is 2.19. The van der Waals surface area contributed by atoms with Gasteiger partial charge in [0.15, 0.2) is 0 Å². The lowest BCUT2D eigenvalue weighted by Crippen LogP contribution is -2.44. The Morgan fingerprint density at radius 3 is 2.17 bits per heavy atom. The first kappa shape index (κ1) is 18.6. The fourth-order valence-electron chi connectivity index (χ4n) is 3.05. The van der Waals surface area contributed by atoms with Crippen molar-refractivity contribution in [2.75, 3.05) is 63.1 Å². The van der Waals surface area contributed by atoms with E-state index < -0.39 is 0 Å². The molecule has 0 radical (unpaired) electrons. The van der Waals surface area contributed by atoms with E-state index in [-0.39, 0.29) is 5.91 Å². The fraction of sp³-hybridized carbons (Fsp3) is 0.632. The zero-order valence-corrected chi connectivity index (χ0v) is 15.4. The molecule has 0 unspecified atom stereocenters. The Labute approximate surface area is 146 Å². The van der Waals surface area contributed by atoms with Crippen LogP contribution in [-0.4, -0.2) is 68.6 Å². The van der Waals surface area contributed by atoms with Crippen LogP contribution < -0.4 is 10.2 Å². The smallest absolute Gasteiger partial charge is 0.241 e. The highest BCUT2D eigenvalue weighted by molar-refractivity contribution is 5.81. The van der Waals surface area contributed by atoms with Crippen molar-refractivity contribution in [2.24, 2.45) is 0 Å². The molecule has 0 aliphatic carbocycles. The van der Waals surface area contributed by atoms with Crippen LogP contribution in [0.15, 0.2) is 24.3 Å². The molecule has 5 heteroatoms. The number of anilines is 2. The SMILES string of the molecule is CCCN(CCC)C(=O)CNc1ccc(N2CCN(C)CC2)cc1. The van der Waals surface area contributed by atoms with E-state index in [2.05, 4.69) is 60.3 Å². The predicted octanol–water partition coefficient (Wildman–Crippen LogP) is 2.50. The van der Waals surface area contributed by atoms with Gasteiger partial charge in [0.25, 0.3) is 0 Å². The number of carbonyl (C=O) groups is 1. The molecule has 0 aromatic heterocycles. The van der Waals surface area contributed by atoms with Gasteiger partial charge in [-0.1, -0.05) is 13.8 Å². The van der Waals surface area contributed by atoms with E-state index in [1.54, 1.807) is 0 Å². The largest absolute Gasteiger partial charge is 0.376 e. The number of carbonyl (C=O) groups excluding carboxylic acids is 1. The number of benzene rings is 1. The Bertz CT molecular complexity index is 489. The molecule has 24 heavy (non-hydrogen) atoms. The van der Waals surface area contributed by atoms with Gasteiger partial charge < -0.3 is 20.0 Å². The molecule has 1 N–H and O–H groups in total. The highest BCUT2D eigenvalue weighted by Gasteiger charge is 2.14. The molecule has 1 aromatic carbocycles. The molecule has 1 amide bonds. The molecule has 0 atom stereocenters. The molecule has 1 aromatic rings. The van der Waals surface area contributed by atoms with E-state index >= 15 is 0 Å². The van der Waals surface area contributed by atoms with Gasteiger partial charge in [-0.3, -0.25) is 4.79 Å². The minimum atomic E-state index is 0.182. The number of piperazine rings is 1. The maximum atomic E-state index is 12.3. The van der Waals surface area contributed by atoms with Gasteiger partial charge in [-0.25, -0.2) is 0 Å². The molecule has 1 aliphatic heterocycles. The van der Waals surface area contributed by atoms with Gasteiger partial charge in [0.2, 0.25) is 5.91 Å². The molecule has 1 aliphatic rings. The zero-order valence-electron chi connectivity index (χ0n) is 15.4. The van der Waals surface area contributed by atoms with Crippen molar-refractivity contribution in [1.82, 2.24) is 9.80 Å². The molecule has 1 saturated heterocycles. The van der Waals surface area contributed by atoms with Gasteiger partial charge in [0.05, 0.1) is 6.54 Å². The van der Waals surface area contributed by atoms with Crippen molar-refractivity contribution < 1.29 is 4.79 Å². The first-order chi connectivity index (χ1) is 11.6. The Balaban J connectivity index is 1.84. The molecule has 0 bridgehead atoms. The first-order valence-corrected chi connectivity index (χ1v) is 9.19. The zero-order chi connectivity index (χ0) is 17.4. The molecule has 134 valence electrons. The first-order valence-electron chi connectivity index (χ1n) is 9.19. The quantitative estimate of drug-likeness (QED) is 0.794. The molecule has 0 saturated carbocycles. The van der Waals surface area contributed by atoms with Crippen LogP contribution >= 0.6 is 0 Å². The molecule has 0 spiro atoms. The molecule has 5 nitrogen and oxygen atoms in total. The van der Waals surface area contributed by atoms with Gasteiger partial charge in [0.1, 0.15) is 0 Å². The number of hydrogen-bond donors (Lipinski definition) is 1. The standard InChI is InChI=1S/C19H32N4O/c1-4-10-23(11-5-2)19(24)16-20-17-6-8-18(9-7-17)22-14-12-21(3)13-15-22/h6-9,20H,4-5,10-16H2,1-3H3. The van der Waals surface area contributed by atoms with Gasteiger partial charge in [0, 0.05) is 50.6 Å². The Hall–Kier alpha value is -1.75. The molecule has 1 fully saturated rings. The normalized spacial score (nSPS) is 15.4. The summed E-state index contributed by atoms with van der Waals surface area (Å²) in [6.45, 7) is 10.6. The van der Waals surface area contributed by atoms with Crippen LogP contribution in [0.2, 0.25) is 0 Å². The van der Waals surface area contributed by atoms with E-state index in [9.17, 15) is 4.79 Å². The summed E-state index contributed by atoms with van der Waals surface area (Å²) < 4.78 is 0. The van der Waals surface area contributed by atoms with E-state index in [4.69, 9.17) is 0 Å². The van der Waals surface area contributed by atoms with Crippen molar-refractivity contribution in [3.63, 3.8) is 0 Å². The van der Waals surface area contributed by atoms with E-state index in [0.29, 0.717) is 6.54 Å². The summed E-state index contributed by atoms with van der Waals surface area (Å²) in [4.78, 5) is 19.0. The number of rotatable bonds is 8. The van der Waals surface area contributed by atoms with Crippen molar-refractivity contribution in [3.05, 3.63) is 24.3 Å². The Morgan fingerprint density at radius 2 is 1.62 bits per heavy atom. The maximum Gasteiger partial charge on any atom is 0.241 e. The molecule has 2 rings (SSSR count). The number of nitrogens with zero attached hydrogens (tertiary/aromatic N) is 3. The molecule has 1 heterocycles. The number of nitrogens with one attached hydrogen (secondary N) is 1. The lowest BCUT2D eigenvalue weighted by Gasteiger charge is -2.34. The third-order valence-corrected chi connectivity index (χ3v) is 4.52. The van der Waals surface area contributed by atoms with Gasteiger partial charge in [-0.05, 0) is 44.2 Å². The van der Waals surface area contributed by atoms with Crippen molar-refractivity contribution in [2.45, 2.75) is 26.7 Å². The summed E-state index contributed by atoms with van der Waals surface area (Å²) >= 11 is 0. The second kappa shape index (κ2) is 9.52. The number of likely N-dealkylation sites (N-methyl/N-ethyl adjacent to an activating group) is 1. The summed E-state index contributed by atoms with van der Waals surface area (Å²) in [5, 5.41) is 3.26. The fourth-order valence-corrected chi connectivity index (χ4v) is 3.05. The highest BCUT2D eigenvalue weighted by atomic mass is 16.2. The number of amides is 1. The van der Waals surface area contributed by atoms with Crippen LogP contribution in [0.3, 0.4) is 0 Å². The average Bonchev–Trinajstić information content (AvgIpc) is 2.61. The Morgan fingerprint density at radius 1 is 1.04 bits per heavy atom. The second-order valence-corrected chi connectivity index (χ2v) is 6.57. The lowest BCUT2D eigenvalue weighted by molar-refractivity contribution is -0.129. The molecular formula is C19H32N4O. The van der Waals surface area contributed by atoms with Crippen molar-refractivity contribution >= 4 is 17.3 Å². The van der Waals surface area contributed by atoms with E-state index in [1.165, 1.54) is 5.69 Å². The average molecular weight is 332 g/mol. The second-order valence-electron chi connectivity index (χ2n) is 6.57. The summed E-state index contributed by atoms with van der Waals surface area (Å²) in [6.07, 6.45) is 2.01. The van der Waals surface area contributed by atoms with Crippen molar-refractivity contribution in [1.29, 1.82) is 0 Å². The van der Waals surface area contributed by atoms with Crippen molar-refractivity contribution in [3.8, 4) is 0 Å². The number of hydrogen-bond acceptors (Lipinski definition) is 4. The van der Waals surface area contributed by atoms with Gasteiger partial charge in [-0.15, -0.1) is 0 Å². The van der Waals surface area contributed by atoms with E-state index in [0.717, 1.165) is 57.8 Å². The van der Waals surface area contributed by atoms with Gasteiger partial charge in [-0.2, -0.15) is 0 Å². The van der Waals surface area contributed by atoms with Crippen LogP contribution in [-0.2, 0) is 4.79 Å². The van der Waals surface area contributed by atoms with Crippen LogP contribution in [0.4, 0.5) is 11.4 Å². The predicted molar refractivity (Wildman–Crippen MR) is 102 cm³/mol. The summed E-state index contributed by atoms with van der Waals surface area (Å²) in [6, 6.07) is 8.44. The Kier molecular flexibility index (Phi) is 7.37. The maximum absolute atomic E-state index is 12.3. The topological polar surface area (TPSA) is 38.8 Å². The minimum Gasteiger partial charge on any atom is -0.376 e. The summed E-state index contributed by atoms with van der Waals surface area (Å²) in [5.41, 5.74) is 2.27. The molecular weight excluding hydrogens is 300 g/mol.